The lowest BCUT2D eigenvalue weighted by Gasteiger charge is -2.39. The molecule has 0 aromatic heterocycles. The van der Waals surface area contributed by atoms with Crippen LogP contribution in [-0.4, -0.2) is 24.3 Å². The standard InChI is InChI=1S/C15H17BrN2O2/c1-8-3-4-9(2)18(7-8)13-6-12-10(5-11(13)16)14(19)15(20)17-12/h5-6,8-9H,3-4,7H2,1-2H3,(H,17,19,20). The molecule has 20 heavy (non-hydrogen) atoms. The highest BCUT2D eigenvalue weighted by Crippen LogP contribution is 2.38. The van der Waals surface area contributed by atoms with Crippen molar-refractivity contribution in [3.8, 4) is 0 Å². The minimum absolute atomic E-state index is 0.452. The van der Waals surface area contributed by atoms with E-state index >= 15 is 0 Å². The van der Waals surface area contributed by atoms with Crippen molar-refractivity contribution in [2.45, 2.75) is 32.7 Å². The van der Waals surface area contributed by atoms with Gasteiger partial charge in [-0.1, -0.05) is 6.92 Å². The summed E-state index contributed by atoms with van der Waals surface area (Å²) in [6.07, 6.45) is 2.41. The third-order valence-corrected chi connectivity index (χ3v) is 4.85. The van der Waals surface area contributed by atoms with Crippen LogP contribution in [-0.2, 0) is 4.79 Å². The summed E-state index contributed by atoms with van der Waals surface area (Å²) in [6.45, 7) is 5.47. The van der Waals surface area contributed by atoms with Crippen molar-refractivity contribution in [1.29, 1.82) is 0 Å². The SMILES string of the molecule is CC1CCC(C)N(c2cc3c(cc2Br)C(=O)C(=O)N3)C1. The van der Waals surface area contributed by atoms with Crippen LogP contribution >= 0.6 is 15.9 Å². The molecule has 0 spiro atoms. The van der Waals surface area contributed by atoms with Gasteiger partial charge in [0.1, 0.15) is 0 Å². The number of hydrogen-bond acceptors (Lipinski definition) is 3. The smallest absolute Gasteiger partial charge is 0.296 e. The fraction of sp³-hybridized carbons (Fsp3) is 0.467. The molecule has 1 saturated heterocycles. The number of rotatable bonds is 1. The van der Waals surface area contributed by atoms with Gasteiger partial charge in [-0.15, -0.1) is 0 Å². The van der Waals surface area contributed by atoms with Gasteiger partial charge in [-0.3, -0.25) is 9.59 Å². The fourth-order valence-electron chi connectivity index (χ4n) is 3.00. The second-order valence-corrected chi connectivity index (χ2v) is 6.67. The average molecular weight is 337 g/mol. The maximum atomic E-state index is 11.7. The van der Waals surface area contributed by atoms with E-state index in [4.69, 9.17) is 0 Å². The average Bonchev–Trinajstić information content (AvgIpc) is 2.68. The Morgan fingerprint density at radius 1 is 1.25 bits per heavy atom. The highest BCUT2D eigenvalue weighted by atomic mass is 79.9. The van der Waals surface area contributed by atoms with E-state index < -0.39 is 11.7 Å². The van der Waals surface area contributed by atoms with E-state index in [2.05, 4.69) is 40.0 Å². The lowest BCUT2D eigenvalue weighted by molar-refractivity contribution is -0.112. The van der Waals surface area contributed by atoms with Crippen LogP contribution in [0.3, 0.4) is 0 Å². The maximum Gasteiger partial charge on any atom is 0.296 e. The molecule has 0 aliphatic carbocycles. The van der Waals surface area contributed by atoms with Crippen molar-refractivity contribution in [1.82, 2.24) is 0 Å². The summed E-state index contributed by atoms with van der Waals surface area (Å²) in [5, 5.41) is 2.64. The normalized spacial score (nSPS) is 25.6. The van der Waals surface area contributed by atoms with Crippen LogP contribution in [0.1, 0.15) is 37.0 Å². The van der Waals surface area contributed by atoms with Gasteiger partial charge in [0.15, 0.2) is 0 Å². The van der Waals surface area contributed by atoms with Crippen molar-refractivity contribution in [2.75, 3.05) is 16.8 Å². The lowest BCUT2D eigenvalue weighted by Crippen LogP contribution is -2.41. The van der Waals surface area contributed by atoms with Gasteiger partial charge in [0.25, 0.3) is 11.7 Å². The van der Waals surface area contributed by atoms with Crippen molar-refractivity contribution in [3.63, 3.8) is 0 Å². The topological polar surface area (TPSA) is 49.4 Å². The van der Waals surface area contributed by atoms with Crippen LogP contribution in [0.2, 0.25) is 0 Å². The molecule has 1 N–H and O–H groups in total. The number of carbonyl (C=O) groups is 2. The van der Waals surface area contributed by atoms with Gasteiger partial charge in [0.2, 0.25) is 0 Å². The highest BCUT2D eigenvalue weighted by Gasteiger charge is 2.31. The summed E-state index contributed by atoms with van der Waals surface area (Å²) >= 11 is 3.55. The van der Waals surface area contributed by atoms with E-state index in [0.717, 1.165) is 23.1 Å². The van der Waals surface area contributed by atoms with Crippen LogP contribution in [0, 0.1) is 5.92 Å². The molecule has 2 aliphatic heterocycles. The van der Waals surface area contributed by atoms with Crippen LogP contribution in [0.4, 0.5) is 11.4 Å². The summed E-state index contributed by atoms with van der Waals surface area (Å²) in [4.78, 5) is 25.5. The first kappa shape index (κ1) is 13.6. The van der Waals surface area contributed by atoms with E-state index in [9.17, 15) is 9.59 Å². The molecule has 1 aromatic rings. The fourth-order valence-corrected chi connectivity index (χ4v) is 3.57. The summed E-state index contributed by atoms with van der Waals surface area (Å²) in [5.74, 6) is -0.334. The third kappa shape index (κ3) is 2.14. The predicted molar refractivity (Wildman–Crippen MR) is 82.3 cm³/mol. The summed E-state index contributed by atoms with van der Waals surface area (Å²) in [6, 6.07) is 4.14. The largest absolute Gasteiger partial charge is 0.368 e. The third-order valence-electron chi connectivity index (χ3n) is 4.21. The summed E-state index contributed by atoms with van der Waals surface area (Å²) in [7, 11) is 0. The number of benzene rings is 1. The Labute approximate surface area is 126 Å². The van der Waals surface area contributed by atoms with Crippen LogP contribution in [0.25, 0.3) is 0 Å². The van der Waals surface area contributed by atoms with Gasteiger partial charge >= 0.3 is 0 Å². The van der Waals surface area contributed by atoms with E-state index in [0.29, 0.717) is 23.2 Å². The molecule has 106 valence electrons. The molecule has 1 fully saturated rings. The molecule has 0 saturated carbocycles. The molecular weight excluding hydrogens is 320 g/mol. The van der Waals surface area contributed by atoms with E-state index in [1.807, 2.05) is 6.07 Å². The van der Waals surface area contributed by atoms with Gasteiger partial charge in [0, 0.05) is 17.1 Å². The maximum absolute atomic E-state index is 11.7. The Bertz CT molecular complexity index is 600. The molecule has 5 heteroatoms. The van der Waals surface area contributed by atoms with Crippen LogP contribution in [0.15, 0.2) is 16.6 Å². The number of ketones is 1. The summed E-state index contributed by atoms with van der Waals surface area (Å²) in [5.41, 5.74) is 2.14. The number of hydrogen-bond donors (Lipinski definition) is 1. The van der Waals surface area contributed by atoms with Crippen molar-refractivity contribution < 1.29 is 9.59 Å². The molecule has 4 nitrogen and oxygen atoms in total. The number of carbonyl (C=O) groups excluding carboxylic acids is 2. The molecule has 0 radical (unpaired) electrons. The zero-order valence-electron chi connectivity index (χ0n) is 11.6. The van der Waals surface area contributed by atoms with Gasteiger partial charge in [-0.25, -0.2) is 0 Å². The first-order valence-electron chi connectivity index (χ1n) is 6.93. The van der Waals surface area contributed by atoms with Gasteiger partial charge < -0.3 is 10.2 Å². The highest BCUT2D eigenvalue weighted by molar-refractivity contribution is 9.10. The Morgan fingerprint density at radius 2 is 2.00 bits per heavy atom. The van der Waals surface area contributed by atoms with Crippen molar-refractivity contribution >= 4 is 39.0 Å². The number of Topliss-reactive ketones (excluding diaryl/α,β-unsaturated/α-hetero) is 1. The number of anilines is 2. The number of fused-ring (bicyclic) bond motifs is 1. The van der Waals surface area contributed by atoms with Gasteiger partial charge in [-0.05, 0) is 53.7 Å². The monoisotopic (exact) mass is 336 g/mol. The van der Waals surface area contributed by atoms with E-state index in [1.54, 1.807) is 6.07 Å². The Hall–Kier alpha value is -1.36. The Morgan fingerprint density at radius 3 is 2.75 bits per heavy atom. The zero-order chi connectivity index (χ0) is 14.4. The number of halogens is 1. The lowest BCUT2D eigenvalue weighted by atomic mass is 9.94. The molecule has 0 bridgehead atoms. The first-order valence-corrected chi connectivity index (χ1v) is 7.72. The van der Waals surface area contributed by atoms with E-state index in [-0.39, 0.29) is 0 Å². The minimum atomic E-state index is -0.538. The predicted octanol–water partition coefficient (Wildman–Crippen LogP) is 3.21. The molecule has 2 heterocycles. The molecule has 3 rings (SSSR count). The Balaban J connectivity index is 2.01. The number of nitrogens with one attached hydrogen (secondary N) is 1. The van der Waals surface area contributed by atoms with Crippen LogP contribution < -0.4 is 10.2 Å². The molecule has 2 aliphatic rings. The first-order chi connectivity index (χ1) is 9.47. The second kappa shape index (κ2) is 4.88. The molecular formula is C15H17BrN2O2. The van der Waals surface area contributed by atoms with Crippen molar-refractivity contribution in [2.24, 2.45) is 5.92 Å². The quantitative estimate of drug-likeness (QED) is 0.801. The minimum Gasteiger partial charge on any atom is -0.368 e. The molecule has 2 atom stereocenters. The van der Waals surface area contributed by atoms with Crippen LogP contribution in [0.5, 0.6) is 0 Å². The zero-order valence-corrected chi connectivity index (χ0v) is 13.2. The Kier molecular flexibility index (Phi) is 3.32. The molecule has 2 unspecified atom stereocenters. The van der Waals surface area contributed by atoms with Gasteiger partial charge in [-0.2, -0.15) is 0 Å². The second-order valence-electron chi connectivity index (χ2n) is 5.82. The van der Waals surface area contributed by atoms with Crippen molar-refractivity contribution in [3.05, 3.63) is 22.2 Å². The number of piperidine rings is 1. The summed E-state index contributed by atoms with van der Waals surface area (Å²) < 4.78 is 0.877. The number of amides is 1. The number of nitrogens with zero attached hydrogens (tertiary/aromatic N) is 1. The van der Waals surface area contributed by atoms with E-state index in [1.165, 1.54) is 6.42 Å². The van der Waals surface area contributed by atoms with Gasteiger partial charge in [0.05, 0.1) is 16.9 Å². The molecule has 1 aromatic carbocycles. The molecule has 1 amide bonds.